The van der Waals surface area contributed by atoms with E-state index >= 15 is 0 Å². The van der Waals surface area contributed by atoms with Crippen molar-refractivity contribution in [3.05, 3.63) is 75.6 Å². The van der Waals surface area contributed by atoms with E-state index in [1.807, 2.05) is 0 Å². The highest BCUT2D eigenvalue weighted by Gasteiger charge is 2.81. The SMILES string of the molecule is CCCCCCCCCCCCOc1c(F)c(C)c(F)c(F)c1S(=O)(=O)O.Fc1cc(F)c(F)c(SCCC(F)(F)C(F)(F)C(F)(F)C(F)(F)F)c1F.O=S(=O)(O)c1c(F)c(F)c(OCC23CC4CC(CC(C4)C2)C3)c(F)c1F. The molecule has 0 aromatic heterocycles. The first kappa shape index (κ1) is 67.5. The van der Waals surface area contributed by atoms with E-state index in [2.05, 4.69) is 6.92 Å². The molecule has 0 heterocycles. The van der Waals surface area contributed by atoms with Gasteiger partial charge in [0.1, 0.15) is 0 Å². The van der Waals surface area contributed by atoms with E-state index in [0.29, 0.717) is 24.2 Å². The van der Waals surface area contributed by atoms with Crippen LogP contribution in [0.4, 0.5) is 87.8 Å². The highest BCUT2D eigenvalue weighted by molar-refractivity contribution is 7.99. The molecule has 0 saturated heterocycles. The minimum Gasteiger partial charge on any atom is -0.489 e. The molecule has 2 N–H and O–H groups in total. The van der Waals surface area contributed by atoms with Gasteiger partial charge in [-0.15, -0.1) is 11.8 Å². The van der Waals surface area contributed by atoms with Crippen LogP contribution in [0.2, 0.25) is 0 Å². The molecule has 4 saturated carbocycles. The Morgan fingerprint density at radius 1 is 0.544 bits per heavy atom. The summed E-state index contributed by atoms with van der Waals surface area (Å²) in [6.45, 7) is 3.01. The van der Waals surface area contributed by atoms with E-state index in [-0.39, 0.29) is 24.7 Å². The summed E-state index contributed by atoms with van der Waals surface area (Å²) >= 11 is -0.506. The average molecular weight is 1230 g/mol. The quantitative estimate of drug-likeness (QED) is 0.0314. The van der Waals surface area contributed by atoms with Crippen molar-refractivity contribution in [1.29, 1.82) is 0 Å². The van der Waals surface area contributed by atoms with Gasteiger partial charge in [-0.05, 0) is 69.6 Å². The third-order valence-corrected chi connectivity index (χ3v) is 16.3. The molecule has 7 rings (SSSR count). The Labute approximate surface area is 444 Å². The molecule has 4 bridgehead atoms. The van der Waals surface area contributed by atoms with Crippen molar-refractivity contribution in [3.8, 4) is 11.5 Å². The molecular weight excluding hydrogens is 1180 g/mol. The van der Waals surface area contributed by atoms with Crippen molar-refractivity contribution in [2.45, 2.75) is 162 Å². The van der Waals surface area contributed by atoms with Gasteiger partial charge in [-0.25, -0.2) is 39.5 Å². The van der Waals surface area contributed by atoms with Gasteiger partial charge in [0.15, 0.2) is 73.6 Å². The Hall–Kier alpha value is -3.97. The zero-order valence-electron chi connectivity index (χ0n) is 41.6. The molecule has 0 aliphatic heterocycles. The summed E-state index contributed by atoms with van der Waals surface area (Å²) in [7, 11) is -10.6. The molecule has 4 aliphatic carbocycles. The first-order chi connectivity index (χ1) is 36.3. The van der Waals surface area contributed by atoms with Gasteiger partial charge in [0.2, 0.25) is 11.6 Å². The fraction of sp³-hybridized carbons (Fsp3) is 0.625. The number of thioether (sulfide) groups is 1. The normalized spacial score (nSPS) is 19.5. The maximum atomic E-state index is 14.1. The number of halogens is 20. The molecular formula is C48H52F20O8S3. The molecule has 0 atom stereocenters. The lowest BCUT2D eigenvalue weighted by atomic mass is 9.50. The zero-order chi connectivity index (χ0) is 60.0. The number of unbranched alkanes of at least 4 members (excludes halogenated alkanes) is 9. The van der Waals surface area contributed by atoms with Crippen molar-refractivity contribution in [3.63, 3.8) is 0 Å². The molecule has 8 nitrogen and oxygen atoms in total. The lowest BCUT2D eigenvalue weighted by molar-refractivity contribution is -0.396. The van der Waals surface area contributed by atoms with Crippen LogP contribution in [0.1, 0.15) is 122 Å². The molecule has 79 heavy (non-hydrogen) atoms. The van der Waals surface area contributed by atoms with Gasteiger partial charge in [0.05, 0.1) is 18.1 Å². The maximum absolute atomic E-state index is 14.1. The lowest BCUT2D eigenvalue weighted by Crippen LogP contribution is -2.60. The molecule has 0 unspecified atom stereocenters. The second-order valence-electron chi connectivity index (χ2n) is 19.6. The largest absolute Gasteiger partial charge is 0.489 e. The van der Waals surface area contributed by atoms with Crippen LogP contribution in [0.5, 0.6) is 11.5 Å². The van der Waals surface area contributed by atoms with Crippen LogP contribution in [-0.4, -0.2) is 68.9 Å². The van der Waals surface area contributed by atoms with Gasteiger partial charge < -0.3 is 9.47 Å². The molecule has 450 valence electrons. The van der Waals surface area contributed by atoms with E-state index in [1.165, 1.54) is 32.1 Å². The minimum atomic E-state index is -7.10. The predicted molar refractivity (Wildman–Crippen MR) is 243 cm³/mol. The number of hydrogen-bond donors (Lipinski definition) is 2. The van der Waals surface area contributed by atoms with Crippen molar-refractivity contribution in [1.82, 2.24) is 0 Å². The second kappa shape index (κ2) is 26.5. The number of hydrogen-bond acceptors (Lipinski definition) is 7. The number of alkyl halides is 9. The number of ether oxygens (including phenoxy) is 2. The van der Waals surface area contributed by atoms with Crippen molar-refractivity contribution >= 4 is 32.0 Å². The molecule has 4 aliphatic rings. The molecule has 31 heteroatoms. The summed E-state index contributed by atoms with van der Waals surface area (Å²) in [6, 6.07) is -0.249. The molecule has 3 aromatic carbocycles. The van der Waals surface area contributed by atoms with Crippen LogP contribution in [0, 0.1) is 94.1 Å². The Kier molecular flexibility index (Phi) is 22.7. The lowest BCUT2D eigenvalue weighted by Gasteiger charge is -2.56. The average Bonchev–Trinajstić information content (AvgIpc) is 3.32. The Morgan fingerprint density at radius 2 is 0.962 bits per heavy atom. The van der Waals surface area contributed by atoms with Crippen molar-refractivity contribution in [2.24, 2.45) is 23.2 Å². The van der Waals surface area contributed by atoms with Crippen LogP contribution in [0.25, 0.3) is 0 Å². The van der Waals surface area contributed by atoms with Crippen LogP contribution < -0.4 is 9.47 Å². The fourth-order valence-electron chi connectivity index (χ4n) is 10.0. The Morgan fingerprint density at radius 3 is 1.38 bits per heavy atom. The fourth-order valence-corrected chi connectivity index (χ4v) is 12.4. The van der Waals surface area contributed by atoms with E-state index in [1.54, 1.807) is 0 Å². The topological polar surface area (TPSA) is 127 Å². The Bertz CT molecular complexity index is 2760. The summed E-state index contributed by atoms with van der Waals surface area (Å²) in [5.74, 6) is -43.3. The summed E-state index contributed by atoms with van der Waals surface area (Å²) < 4.78 is 336. The standard InChI is InChI=1S/C19H29F3O4S.C17H18F4O4S.C12H5F13S/c1-3-4-5-6-7-8-9-10-11-12-13-26-18-16(21)14(2)15(20)17(22)19(18)27(23,24)25;18-11-13(20)16(26(22,23)24)14(21)12(19)15(11)25-7-17-4-8-1-9(5-17)3-10(2-8)6-17;13-4-3-5(14)7(16)8(6(4)15)26-2-1-9(17,18)10(19,20)11(21,22)12(23,24)25/h3-13H2,1-2H3,(H,23,24,25);8-10H,1-7H2,(H,22,23,24);3H,1-2H2. The molecule has 4 fully saturated rings. The van der Waals surface area contributed by atoms with E-state index < -0.39 is 164 Å². The van der Waals surface area contributed by atoms with Gasteiger partial charge in [0, 0.05) is 29.2 Å². The third kappa shape index (κ3) is 15.8. The first-order valence-corrected chi connectivity index (χ1v) is 28.0. The molecule has 0 amide bonds. The number of rotatable bonds is 23. The van der Waals surface area contributed by atoms with E-state index in [4.69, 9.17) is 18.6 Å². The third-order valence-electron chi connectivity index (χ3n) is 13.5. The highest BCUT2D eigenvalue weighted by atomic mass is 32.2. The van der Waals surface area contributed by atoms with Crippen LogP contribution in [-0.2, 0) is 20.2 Å². The van der Waals surface area contributed by atoms with Crippen molar-refractivity contribution in [2.75, 3.05) is 19.0 Å². The van der Waals surface area contributed by atoms with Crippen LogP contribution >= 0.6 is 11.8 Å². The summed E-state index contributed by atoms with van der Waals surface area (Å²) in [4.78, 5) is -5.10. The molecule has 0 radical (unpaired) electrons. The smallest absolute Gasteiger partial charge is 0.460 e. The maximum Gasteiger partial charge on any atom is 0.460 e. The van der Waals surface area contributed by atoms with Gasteiger partial charge in [0.25, 0.3) is 0 Å². The van der Waals surface area contributed by atoms with Crippen LogP contribution in [0.3, 0.4) is 0 Å². The zero-order valence-corrected chi connectivity index (χ0v) is 44.0. The highest BCUT2D eigenvalue weighted by Crippen LogP contribution is 2.60. The second-order valence-corrected chi connectivity index (χ2v) is 23.4. The van der Waals surface area contributed by atoms with E-state index in [0.717, 1.165) is 71.1 Å². The van der Waals surface area contributed by atoms with Gasteiger partial charge in [-0.3, -0.25) is 9.11 Å². The minimum absolute atomic E-state index is 0.0551. The summed E-state index contributed by atoms with van der Waals surface area (Å²) in [6.07, 6.45) is 7.28. The number of benzene rings is 3. The van der Waals surface area contributed by atoms with Crippen LogP contribution in [0.15, 0.2) is 20.8 Å². The summed E-state index contributed by atoms with van der Waals surface area (Å²) in [5, 5.41) is 0. The monoisotopic (exact) mass is 1230 g/mol. The summed E-state index contributed by atoms with van der Waals surface area (Å²) in [5.41, 5.74) is -0.958. The van der Waals surface area contributed by atoms with E-state index in [9.17, 15) is 105 Å². The van der Waals surface area contributed by atoms with Gasteiger partial charge in [-0.2, -0.15) is 65.1 Å². The van der Waals surface area contributed by atoms with Crippen molar-refractivity contribution < 1.29 is 123 Å². The van der Waals surface area contributed by atoms with Gasteiger partial charge in [-0.1, -0.05) is 64.7 Å². The Balaban J connectivity index is 0.000000255. The first-order valence-electron chi connectivity index (χ1n) is 24.2. The molecule has 0 spiro atoms. The van der Waals surface area contributed by atoms with Gasteiger partial charge >= 0.3 is 44.2 Å². The molecule has 3 aromatic rings. The predicted octanol–water partition coefficient (Wildman–Crippen LogP) is 16.2.